The van der Waals surface area contributed by atoms with Gasteiger partial charge in [0.15, 0.2) is 0 Å². The van der Waals surface area contributed by atoms with Crippen molar-refractivity contribution < 1.29 is 4.42 Å². The lowest BCUT2D eigenvalue weighted by Crippen LogP contribution is -2.11. The number of furan rings is 1. The second-order valence-corrected chi connectivity index (χ2v) is 15.7. The van der Waals surface area contributed by atoms with Gasteiger partial charge in [-0.05, 0) is 119 Å². The third kappa shape index (κ3) is 5.65. The fraction of sp³-hybridized carbons (Fsp3) is 0. The second kappa shape index (κ2) is 13.9. The summed E-state index contributed by atoms with van der Waals surface area (Å²) in [6, 6.07) is 81.4. The van der Waals surface area contributed by atoms with Crippen molar-refractivity contribution in [2.24, 2.45) is 0 Å². The lowest BCUT2D eigenvalue weighted by molar-refractivity contribution is 0.669. The average Bonchev–Trinajstić information content (AvgIpc) is 3.71. The summed E-state index contributed by atoms with van der Waals surface area (Å²) in [5.74, 6) is 0. The van der Waals surface area contributed by atoms with Gasteiger partial charge in [0.25, 0.3) is 0 Å². The van der Waals surface area contributed by atoms with Crippen molar-refractivity contribution in [1.82, 2.24) is 0 Å². The van der Waals surface area contributed by atoms with Crippen LogP contribution in [0.15, 0.2) is 229 Å². The maximum atomic E-state index is 6.47. The highest BCUT2D eigenvalue weighted by Crippen LogP contribution is 2.47. The maximum Gasteiger partial charge on any atom is 0.137 e. The molecule has 0 saturated carbocycles. The summed E-state index contributed by atoms with van der Waals surface area (Å²) >= 11 is 0. The van der Waals surface area contributed by atoms with Gasteiger partial charge in [-0.2, -0.15) is 0 Å². The quantitative estimate of drug-likeness (QED) is 0.157. The Hall–Kier alpha value is -7.94. The molecular formula is C58H37NO. The summed E-state index contributed by atoms with van der Waals surface area (Å²) in [5.41, 5.74) is 12.0. The summed E-state index contributed by atoms with van der Waals surface area (Å²) in [4.78, 5) is 2.42. The molecule has 11 aromatic carbocycles. The number of hydrogen-bond acceptors (Lipinski definition) is 2. The molecule has 0 saturated heterocycles. The molecule has 0 aliphatic rings. The zero-order chi connectivity index (χ0) is 39.6. The minimum Gasteiger partial charge on any atom is -0.456 e. The average molecular weight is 764 g/mol. The van der Waals surface area contributed by atoms with Crippen LogP contribution in [0.5, 0.6) is 0 Å². The van der Waals surface area contributed by atoms with E-state index >= 15 is 0 Å². The third-order valence-corrected chi connectivity index (χ3v) is 12.2. The van der Waals surface area contributed by atoms with Gasteiger partial charge in [0.2, 0.25) is 0 Å². The highest BCUT2D eigenvalue weighted by Gasteiger charge is 2.22. The van der Waals surface area contributed by atoms with Gasteiger partial charge in [0, 0.05) is 16.6 Å². The van der Waals surface area contributed by atoms with Crippen molar-refractivity contribution >= 4 is 82.1 Å². The minimum absolute atomic E-state index is 0.863. The van der Waals surface area contributed by atoms with Crippen LogP contribution in [0.4, 0.5) is 17.1 Å². The number of para-hydroxylation sites is 2. The van der Waals surface area contributed by atoms with E-state index in [0.29, 0.717) is 0 Å². The van der Waals surface area contributed by atoms with Crippen LogP contribution in [0, 0.1) is 0 Å². The van der Waals surface area contributed by atoms with Gasteiger partial charge in [-0.1, -0.05) is 176 Å². The number of rotatable bonds is 6. The van der Waals surface area contributed by atoms with E-state index in [2.05, 4.69) is 223 Å². The largest absolute Gasteiger partial charge is 0.456 e. The Morgan fingerprint density at radius 2 is 0.783 bits per heavy atom. The summed E-state index contributed by atoms with van der Waals surface area (Å²) in [5, 5.41) is 12.3. The Kier molecular flexibility index (Phi) is 7.89. The molecule has 0 unspecified atom stereocenters. The molecular weight excluding hydrogens is 727 g/mol. The Balaban J connectivity index is 0.990. The summed E-state index contributed by atoms with van der Waals surface area (Å²) in [6.07, 6.45) is 0. The van der Waals surface area contributed by atoms with Gasteiger partial charge >= 0.3 is 0 Å². The van der Waals surface area contributed by atoms with Gasteiger partial charge in [-0.3, -0.25) is 0 Å². The highest BCUT2D eigenvalue weighted by molar-refractivity contribution is 6.14. The predicted molar refractivity (Wildman–Crippen MR) is 255 cm³/mol. The number of benzene rings is 11. The van der Waals surface area contributed by atoms with Crippen LogP contribution in [0.1, 0.15) is 0 Å². The van der Waals surface area contributed by atoms with Crippen molar-refractivity contribution in [2.75, 3.05) is 4.90 Å². The molecule has 1 heterocycles. The monoisotopic (exact) mass is 763 g/mol. The first-order valence-corrected chi connectivity index (χ1v) is 20.6. The molecule has 0 fully saturated rings. The van der Waals surface area contributed by atoms with E-state index in [1.165, 1.54) is 54.2 Å². The number of anilines is 3. The Bertz CT molecular complexity index is 3610. The van der Waals surface area contributed by atoms with Crippen molar-refractivity contribution in [3.05, 3.63) is 224 Å². The molecule has 0 N–H and O–H groups in total. The van der Waals surface area contributed by atoms with Crippen molar-refractivity contribution in [3.63, 3.8) is 0 Å². The molecule has 12 aromatic rings. The fourth-order valence-corrected chi connectivity index (χ4v) is 9.32. The number of hydrogen-bond donors (Lipinski definition) is 0. The van der Waals surface area contributed by atoms with Crippen LogP contribution in [-0.4, -0.2) is 0 Å². The Morgan fingerprint density at radius 1 is 0.283 bits per heavy atom. The fourth-order valence-electron chi connectivity index (χ4n) is 9.32. The molecule has 2 nitrogen and oxygen atoms in total. The SMILES string of the molecule is c1cc(-c2ccc(-c3ccc4c(ccc5ccccc54)c3)cc2)cc(N(c2ccccc2-c2ccc3c(ccc4ccccc43)c2)c2cccc3oc4ccccc4c23)c1. The van der Waals surface area contributed by atoms with Crippen LogP contribution < -0.4 is 4.90 Å². The number of fused-ring (bicyclic) bond motifs is 9. The van der Waals surface area contributed by atoms with E-state index in [9.17, 15) is 0 Å². The van der Waals surface area contributed by atoms with Gasteiger partial charge in [-0.15, -0.1) is 0 Å². The van der Waals surface area contributed by atoms with E-state index in [1.54, 1.807) is 0 Å². The van der Waals surface area contributed by atoms with Gasteiger partial charge in [-0.25, -0.2) is 0 Å². The Morgan fingerprint density at radius 3 is 1.52 bits per heavy atom. The van der Waals surface area contributed by atoms with Gasteiger partial charge in [0.1, 0.15) is 11.2 Å². The first-order chi connectivity index (χ1) is 29.7. The summed E-state index contributed by atoms with van der Waals surface area (Å²) in [6.45, 7) is 0. The molecule has 280 valence electrons. The van der Waals surface area contributed by atoms with E-state index in [0.717, 1.165) is 61.3 Å². The predicted octanol–water partition coefficient (Wildman–Crippen LogP) is 16.7. The Labute approximate surface area is 347 Å². The highest BCUT2D eigenvalue weighted by atomic mass is 16.3. The molecule has 0 bridgehead atoms. The molecule has 1 aromatic heterocycles. The smallest absolute Gasteiger partial charge is 0.137 e. The first-order valence-electron chi connectivity index (χ1n) is 20.6. The van der Waals surface area contributed by atoms with Crippen LogP contribution in [0.25, 0.3) is 98.4 Å². The topological polar surface area (TPSA) is 16.4 Å². The number of nitrogens with zero attached hydrogens (tertiary/aromatic N) is 1. The normalized spacial score (nSPS) is 11.7. The van der Waals surface area contributed by atoms with Gasteiger partial charge in [0.05, 0.1) is 16.8 Å². The van der Waals surface area contributed by atoms with E-state index < -0.39 is 0 Å². The lowest BCUT2D eigenvalue weighted by atomic mass is 9.95. The van der Waals surface area contributed by atoms with Crippen LogP contribution in [0.2, 0.25) is 0 Å². The maximum absolute atomic E-state index is 6.47. The van der Waals surface area contributed by atoms with Crippen molar-refractivity contribution in [2.45, 2.75) is 0 Å². The van der Waals surface area contributed by atoms with E-state index in [-0.39, 0.29) is 0 Å². The van der Waals surface area contributed by atoms with Crippen LogP contribution in [-0.2, 0) is 0 Å². The summed E-state index contributed by atoms with van der Waals surface area (Å²) < 4.78 is 6.47. The first kappa shape index (κ1) is 34.1. The van der Waals surface area contributed by atoms with Crippen LogP contribution in [0.3, 0.4) is 0 Å². The molecule has 0 amide bonds. The third-order valence-electron chi connectivity index (χ3n) is 12.2. The molecule has 60 heavy (non-hydrogen) atoms. The molecule has 12 rings (SSSR count). The molecule has 2 heteroatoms. The van der Waals surface area contributed by atoms with E-state index in [1.807, 2.05) is 6.07 Å². The zero-order valence-corrected chi connectivity index (χ0v) is 32.7. The van der Waals surface area contributed by atoms with Crippen molar-refractivity contribution in [1.29, 1.82) is 0 Å². The molecule has 0 aliphatic heterocycles. The van der Waals surface area contributed by atoms with Crippen molar-refractivity contribution in [3.8, 4) is 33.4 Å². The lowest BCUT2D eigenvalue weighted by Gasteiger charge is -2.29. The molecule has 0 aliphatic carbocycles. The molecule has 0 spiro atoms. The molecule has 0 radical (unpaired) electrons. The summed E-state index contributed by atoms with van der Waals surface area (Å²) in [7, 11) is 0. The minimum atomic E-state index is 0.863. The second-order valence-electron chi connectivity index (χ2n) is 15.7. The molecule has 0 atom stereocenters. The van der Waals surface area contributed by atoms with Crippen LogP contribution >= 0.6 is 0 Å². The zero-order valence-electron chi connectivity index (χ0n) is 32.7. The van der Waals surface area contributed by atoms with E-state index in [4.69, 9.17) is 4.42 Å². The standard InChI is InChI=1S/C58H37NO/c1-3-15-48-40(11-1)27-29-44-35-43(31-33-50(44)48)39-25-23-38(24-26-39)42-13-9-14-47(37-42)59(55-20-10-22-57-58(55)53-18-6-8-21-56(53)60-57)54-19-7-5-17-52(54)46-32-34-51-45(36-46)30-28-41-12-2-4-16-49(41)51/h1-37H. The van der Waals surface area contributed by atoms with Gasteiger partial charge < -0.3 is 9.32 Å².